The first-order valence-corrected chi connectivity index (χ1v) is 7.66. The Hall–Kier alpha value is -2.45. The summed E-state index contributed by atoms with van der Waals surface area (Å²) in [5, 5.41) is 19.7. The molecule has 0 aliphatic rings. The summed E-state index contributed by atoms with van der Waals surface area (Å²) in [5.41, 5.74) is 0.954. The summed E-state index contributed by atoms with van der Waals surface area (Å²) in [4.78, 5) is 14.6. The van der Waals surface area contributed by atoms with Crippen LogP contribution in [0.25, 0.3) is 11.4 Å². The largest absolute Gasteiger partial charge is 0.339 e. The van der Waals surface area contributed by atoms with E-state index in [2.05, 4.69) is 15.2 Å². The molecule has 0 fully saturated rings. The van der Waals surface area contributed by atoms with Crippen LogP contribution in [0.3, 0.4) is 0 Å². The number of nitrogens with zero attached hydrogens (tertiary/aromatic N) is 5. The van der Waals surface area contributed by atoms with Gasteiger partial charge in [0.1, 0.15) is 11.9 Å². The maximum absolute atomic E-state index is 10.8. The minimum Gasteiger partial charge on any atom is -0.339 e. The fraction of sp³-hybridized carbons (Fsp3) is 0.214. The van der Waals surface area contributed by atoms with E-state index in [-0.39, 0.29) is 5.69 Å². The SMILES string of the molecule is Cc1nn(CCc2nc(-c3ccc(Cl)cc3Cl)no2)cc1[N+](=O)[O-]. The fourth-order valence-electron chi connectivity index (χ4n) is 2.15. The standard InChI is InChI=1S/C14H11Cl2N5O3/c1-8-12(21(22)23)7-20(18-8)5-4-13-17-14(19-24-13)10-3-2-9(15)6-11(10)16/h2-3,6-7H,4-5H2,1H3. The molecule has 0 saturated carbocycles. The van der Waals surface area contributed by atoms with Gasteiger partial charge in [-0.05, 0) is 25.1 Å². The van der Waals surface area contributed by atoms with Crippen LogP contribution in [0.5, 0.6) is 0 Å². The zero-order valence-electron chi connectivity index (χ0n) is 12.4. The smallest absolute Gasteiger partial charge is 0.309 e. The van der Waals surface area contributed by atoms with E-state index in [1.54, 1.807) is 25.1 Å². The molecule has 0 N–H and O–H groups in total. The lowest BCUT2D eigenvalue weighted by molar-refractivity contribution is -0.385. The third-order valence-corrected chi connectivity index (χ3v) is 3.86. The molecule has 0 saturated heterocycles. The highest BCUT2D eigenvalue weighted by Crippen LogP contribution is 2.28. The normalized spacial score (nSPS) is 11.0. The Morgan fingerprint density at radius 3 is 2.83 bits per heavy atom. The lowest BCUT2D eigenvalue weighted by Crippen LogP contribution is -2.02. The van der Waals surface area contributed by atoms with E-state index in [0.29, 0.717) is 46.0 Å². The molecule has 0 aliphatic carbocycles. The Morgan fingerprint density at radius 2 is 2.17 bits per heavy atom. The third kappa shape index (κ3) is 3.39. The van der Waals surface area contributed by atoms with Crippen LogP contribution in [0.2, 0.25) is 10.0 Å². The van der Waals surface area contributed by atoms with Gasteiger partial charge in [-0.15, -0.1) is 0 Å². The molecule has 3 rings (SSSR count). The van der Waals surface area contributed by atoms with Crippen molar-refractivity contribution in [3.63, 3.8) is 0 Å². The summed E-state index contributed by atoms with van der Waals surface area (Å²) in [6.07, 6.45) is 1.76. The molecular formula is C14H11Cl2N5O3. The van der Waals surface area contributed by atoms with Gasteiger partial charge >= 0.3 is 5.69 Å². The van der Waals surface area contributed by atoms with E-state index in [0.717, 1.165) is 0 Å². The molecule has 0 radical (unpaired) electrons. The highest BCUT2D eigenvalue weighted by Gasteiger charge is 2.16. The summed E-state index contributed by atoms with van der Waals surface area (Å²) >= 11 is 12.0. The summed E-state index contributed by atoms with van der Waals surface area (Å²) in [7, 11) is 0. The van der Waals surface area contributed by atoms with Gasteiger partial charge in [0.05, 0.1) is 9.95 Å². The average Bonchev–Trinajstić information content (AvgIpc) is 3.11. The molecule has 1 aromatic carbocycles. The lowest BCUT2D eigenvalue weighted by atomic mass is 10.2. The van der Waals surface area contributed by atoms with Crippen molar-refractivity contribution in [2.75, 3.05) is 0 Å². The van der Waals surface area contributed by atoms with E-state index in [1.165, 1.54) is 10.9 Å². The van der Waals surface area contributed by atoms with Crippen molar-refractivity contribution in [1.29, 1.82) is 0 Å². The Balaban J connectivity index is 1.72. The molecule has 0 aliphatic heterocycles. The van der Waals surface area contributed by atoms with Gasteiger partial charge in [-0.25, -0.2) is 0 Å². The van der Waals surface area contributed by atoms with Crippen molar-refractivity contribution in [2.45, 2.75) is 19.9 Å². The Labute approximate surface area is 146 Å². The highest BCUT2D eigenvalue weighted by atomic mass is 35.5. The molecule has 0 bridgehead atoms. The second kappa shape index (κ2) is 6.58. The van der Waals surface area contributed by atoms with Crippen molar-refractivity contribution in [2.24, 2.45) is 0 Å². The van der Waals surface area contributed by atoms with Crippen molar-refractivity contribution in [1.82, 2.24) is 19.9 Å². The van der Waals surface area contributed by atoms with Crippen LogP contribution >= 0.6 is 23.2 Å². The predicted octanol–water partition coefficient (Wildman–Crippen LogP) is 3.70. The van der Waals surface area contributed by atoms with Gasteiger partial charge in [-0.2, -0.15) is 10.1 Å². The maximum Gasteiger partial charge on any atom is 0.309 e. The summed E-state index contributed by atoms with van der Waals surface area (Å²) in [5.74, 6) is 0.737. The first-order valence-electron chi connectivity index (χ1n) is 6.90. The summed E-state index contributed by atoms with van der Waals surface area (Å²) < 4.78 is 6.66. The van der Waals surface area contributed by atoms with Gasteiger partial charge in [0.25, 0.3) is 0 Å². The van der Waals surface area contributed by atoms with Gasteiger partial charge < -0.3 is 4.52 Å². The van der Waals surface area contributed by atoms with Gasteiger partial charge in [0.2, 0.25) is 11.7 Å². The summed E-state index contributed by atoms with van der Waals surface area (Å²) in [6, 6.07) is 4.99. The molecule has 24 heavy (non-hydrogen) atoms. The number of aryl methyl sites for hydroxylation is 3. The second-order valence-electron chi connectivity index (χ2n) is 5.01. The van der Waals surface area contributed by atoms with Gasteiger partial charge in [0, 0.05) is 23.6 Å². The Morgan fingerprint density at radius 1 is 1.38 bits per heavy atom. The van der Waals surface area contributed by atoms with E-state index >= 15 is 0 Å². The van der Waals surface area contributed by atoms with Gasteiger partial charge in [-0.1, -0.05) is 28.4 Å². The number of hydrogen-bond donors (Lipinski definition) is 0. The molecule has 0 atom stereocenters. The number of benzene rings is 1. The molecule has 8 nitrogen and oxygen atoms in total. The molecule has 0 unspecified atom stereocenters. The van der Waals surface area contributed by atoms with E-state index in [4.69, 9.17) is 27.7 Å². The molecular weight excluding hydrogens is 357 g/mol. The first kappa shape index (κ1) is 16.4. The van der Waals surface area contributed by atoms with Crippen LogP contribution in [-0.4, -0.2) is 24.8 Å². The monoisotopic (exact) mass is 367 g/mol. The number of halogens is 2. The van der Waals surface area contributed by atoms with Crippen molar-refractivity contribution >= 4 is 28.9 Å². The number of aromatic nitrogens is 4. The first-order chi connectivity index (χ1) is 11.4. The fourth-order valence-corrected chi connectivity index (χ4v) is 2.64. The van der Waals surface area contributed by atoms with Crippen molar-refractivity contribution in [3.8, 4) is 11.4 Å². The lowest BCUT2D eigenvalue weighted by Gasteiger charge is -1.98. The van der Waals surface area contributed by atoms with Gasteiger partial charge in [0.15, 0.2) is 0 Å². The number of nitro groups is 1. The van der Waals surface area contributed by atoms with Crippen molar-refractivity contribution in [3.05, 3.63) is 56.1 Å². The topological polar surface area (TPSA) is 99.9 Å². The number of rotatable bonds is 5. The molecule has 124 valence electrons. The zero-order chi connectivity index (χ0) is 17.3. The molecule has 3 aromatic rings. The molecule has 2 aromatic heterocycles. The second-order valence-corrected chi connectivity index (χ2v) is 5.85. The van der Waals surface area contributed by atoms with Crippen LogP contribution in [0.15, 0.2) is 28.9 Å². The molecule has 2 heterocycles. The third-order valence-electron chi connectivity index (χ3n) is 3.31. The molecule has 0 spiro atoms. The van der Waals surface area contributed by atoms with Crippen LogP contribution in [0.4, 0.5) is 5.69 Å². The number of hydrogen-bond acceptors (Lipinski definition) is 6. The maximum atomic E-state index is 10.8. The Bertz CT molecular complexity index is 906. The van der Waals surface area contributed by atoms with E-state index in [1.807, 2.05) is 0 Å². The van der Waals surface area contributed by atoms with Gasteiger partial charge in [-0.3, -0.25) is 14.8 Å². The highest BCUT2D eigenvalue weighted by molar-refractivity contribution is 6.36. The van der Waals surface area contributed by atoms with Crippen LogP contribution in [-0.2, 0) is 13.0 Å². The summed E-state index contributed by atoms with van der Waals surface area (Å²) in [6.45, 7) is 1.96. The van der Waals surface area contributed by atoms with Crippen LogP contribution in [0, 0.1) is 17.0 Å². The minimum absolute atomic E-state index is 0.0193. The molecule has 10 heteroatoms. The van der Waals surface area contributed by atoms with E-state index in [9.17, 15) is 10.1 Å². The minimum atomic E-state index is -0.466. The van der Waals surface area contributed by atoms with Crippen molar-refractivity contribution < 1.29 is 9.45 Å². The van der Waals surface area contributed by atoms with Crippen LogP contribution < -0.4 is 0 Å². The van der Waals surface area contributed by atoms with E-state index < -0.39 is 4.92 Å². The average molecular weight is 368 g/mol. The zero-order valence-corrected chi connectivity index (χ0v) is 14.0. The quantitative estimate of drug-likeness (QED) is 0.503. The predicted molar refractivity (Wildman–Crippen MR) is 87.1 cm³/mol. The Kier molecular flexibility index (Phi) is 4.50. The van der Waals surface area contributed by atoms with Crippen LogP contribution in [0.1, 0.15) is 11.6 Å². The molecule has 0 amide bonds.